The molecule has 2 aromatic heterocycles. The van der Waals surface area contributed by atoms with Gasteiger partial charge in [0.15, 0.2) is 5.11 Å². The van der Waals surface area contributed by atoms with Gasteiger partial charge < -0.3 is 14.8 Å². The van der Waals surface area contributed by atoms with Crippen LogP contribution < -0.4 is 10.2 Å². The van der Waals surface area contributed by atoms with Gasteiger partial charge in [0, 0.05) is 29.5 Å². The Morgan fingerprint density at radius 1 is 0.794 bits per heavy atom. The first-order chi connectivity index (χ1) is 16.7. The number of anilines is 1. The smallest absolute Gasteiger partial charge is 0.174 e. The number of rotatable bonds is 4. The number of nitrogens with zero attached hydrogens (tertiary/aromatic N) is 3. The van der Waals surface area contributed by atoms with Gasteiger partial charge in [-0.25, -0.2) is 4.39 Å². The Morgan fingerprint density at radius 3 is 2.35 bits per heavy atom. The fourth-order valence-corrected chi connectivity index (χ4v) is 5.08. The number of thiocarbonyl (C=S) groups is 1. The summed E-state index contributed by atoms with van der Waals surface area (Å²) < 4.78 is 15.9. The number of aromatic nitrogens is 2. The van der Waals surface area contributed by atoms with Crippen LogP contribution in [0.25, 0.3) is 16.5 Å². The van der Waals surface area contributed by atoms with E-state index in [1.807, 2.05) is 30.3 Å². The van der Waals surface area contributed by atoms with Crippen molar-refractivity contribution in [2.24, 2.45) is 0 Å². The molecule has 0 bridgehead atoms. The van der Waals surface area contributed by atoms with Crippen molar-refractivity contribution < 1.29 is 4.39 Å². The zero-order chi connectivity index (χ0) is 23.1. The van der Waals surface area contributed by atoms with Crippen LogP contribution in [-0.4, -0.2) is 14.7 Å². The van der Waals surface area contributed by atoms with Crippen LogP contribution in [-0.2, 0) is 0 Å². The maximum absolute atomic E-state index is 13.7. The van der Waals surface area contributed by atoms with Crippen LogP contribution in [0.2, 0.25) is 0 Å². The van der Waals surface area contributed by atoms with Crippen LogP contribution in [0, 0.1) is 5.82 Å². The van der Waals surface area contributed by atoms with Crippen molar-refractivity contribution in [3.63, 3.8) is 0 Å². The third kappa shape index (κ3) is 3.53. The molecule has 0 saturated carbocycles. The predicted molar refractivity (Wildman–Crippen MR) is 138 cm³/mol. The molecular formula is C28H21FN4S. The van der Waals surface area contributed by atoms with E-state index in [2.05, 4.69) is 68.4 Å². The Hall–Kier alpha value is -4.03. The van der Waals surface area contributed by atoms with Gasteiger partial charge in [0.1, 0.15) is 11.9 Å². The molecule has 1 aliphatic heterocycles. The number of pyridine rings is 1. The number of hydrogen-bond acceptors (Lipinski definition) is 2. The van der Waals surface area contributed by atoms with Gasteiger partial charge >= 0.3 is 0 Å². The summed E-state index contributed by atoms with van der Waals surface area (Å²) >= 11 is 5.79. The fourth-order valence-electron chi connectivity index (χ4n) is 4.73. The molecule has 1 N–H and O–H groups in total. The molecule has 34 heavy (non-hydrogen) atoms. The lowest BCUT2D eigenvalue weighted by Crippen LogP contribution is -2.30. The maximum Gasteiger partial charge on any atom is 0.174 e. The molecule has 0 amide bonds. The fraction of sp³-hybridized carbons (Fsp3) is 0.0714. The summed E-state index contributed by atoms with van der Waals surface area (Å²) in [6.07, 6.45) is 3.86. The van der Waals surface area contributed by atoms with Gasteiger partial charge in [-0.2, -0.15) is 0 Å². The first kappa shape index (κ1) is 20.6. The molecule has 3 aromatic carbocycles. The molecule has 1 fully saturated rings. The van der Waals surface area contributed by atoms with E-state index in [0.29, 0.717) is 5.11 Å². The molecule has 2 atom stereocenters. The number of benzene rings is 3. The number of halogens is 1. The molecule has 6 rings (SSSR count). The van der Waals surface area contributed by atoms with Crippen LogP contribution in [0.5, 0.6) is 0 Å². The molecule has 0 radical (unpaired) electrons. The van der Waals surface area contributed by atoms with Gasteiger partial charge in [-0.05, 0) is 83.7 Å². The van der Waals surface area contributed by atoms with Gasteiger partial charge in [-0.3, -0.25) is 4.98 Å². The number of fused-ring (bicyclic) bond motifs is 1. The third-order valence-electron chi connectivity index (χ3n) is 6.30. The molecular weight excluding hydrogens is 443 g/mol. The van der Waals surface area contributed by atoms with Crippen LogP contribution in [0.4, 0.5) is 10.1 Å². The van der Waals surface area contributed by atoms with Gasteiger partial charge in [0.2, 0.25) is 0 Å². The minimum absolute atomic E-state index is 0.173. The highest BCUT2D eigenvalue weighted by Crippen LogP contribution is 2.42. The van der Waals surface area contributed by atoms with E-state index >= 15 is 0 Å². The Morgan fingerprint density at radius 2 is 1.56 bits per heavy atom. The van der Waals surface area contributed by atoms with Gasteiger partial charge in [-0.1, -0.05) is 36.4 Å². The highest BCUT2D eigenvalue weighted by molar-refractivity contribution is 7.80. The Bertz CT molecular complexity index is 1480. The van der Waals surface area contributed by atoms with Gasteiger partial charge in [0.25, 0.3) is 0 Å². The zero-order valence-electron chi connectivity index (χ0n) is 18.2. The van der Waals surface area contributed by atoms with Gasteiger partial charge in [0.05, 0.1) is 11.7 Å². The highest BCUT2D eigenvalue weighted by atomic mass is 32.1. The molecule has 4 nitrogen and oxygen atoms in total. The molecule has 1 aliphatic rings. The van der Waals surface area contributed by atoms with E-state index in [0.717, 1.165) is 22.8 Å². The molecule has 0 unspecified atom stereocenters. The van der Waals surface area contributed by atoms with Crippen molar-refractivity contribution >= 4 is 33.8 Å². The second kappa shape index (κ2) is 8.39. The standard InChI is InChI=1S/C28H21FN4S/c29-21-11-14-22(15-12-21)33-27(26(31-28(33)34)24-8-3-4-16-30-24)25-9-5-17-32(25)23-13-10-19-6-1-2-7-20(19)18-23/h1-18,26-27H,(H,31,34)/t26-,27+/m0/s1. The molecule has 3 heterocycles. The summed E-state index contributed by atoms with van der Waals surface area (Å²) in [5, 5.41) is 6.42. The van der Waals surface area contributed by atoms with E-state index in [9.17, 15) is 4.39 Å². The van der Waals surface area contributed by atoms with E-state index in [1.165, 1.54) is 22.9 Å². The minimum atomic E-state index is -0.279. The minimum Gasteiger partial charge on any atom is -0.351 e. The molecule has 1 saturated heterocycles. The van der Waals surface area contributed by atoms with Crippen molar-refractivity contribution in [2.75, 3.05) is 4.90 Å². The second-order valence-electron chi connectivity index (χ2n) is 8.31. The first-order valence-electron chi connectivity index (χ1n) is 11.1. The number of nitrogens with one attached hydrogen (secondary N) is 1. The summed E-state index contributed by atoms with van der Waals surface area (Å²) in [5.74, 6) is -0.279. The van der Waals surface area contributed by atoms with Crippen molar-refractivity contribution in [1.29, 1.82) is 0 Å². The normalized spacial score (nSPS) is 17.8. The van der Waals surface area contributed by atoms with E-state index < -0.39 is 0 Å². The lowest BCUT2D eigenvalue weighted by Gasteiger charge is -2.29. The maximum atomic E-state index is 13.7. The monoisotopic (exact) mass is 464 g/mol. The first-order valence-corrected chi connectivity index (χ1v) is 11.5. The Labute approximate surface area is 202 Å². The predicted octanol–water partition coefficient (Wildman–Crippen LogP) is 6.34. The average Bonchev–Trinajstić information content (AvgIpc) is 3.49. The average molecular weight is 465 g/mol. The summed E-state index contributed by atoms with van der Waals surface area (Å²) in [7, 11) is 0. The molecule has 6 heteroatoms. The van der Waals surface area contributed by atoms with Gasteiger partial charge in [-0.15, -0.1) is 0 Å². The van der Waals surface area contributed by atoms with E-state index in [-0.39, 0.29) is 17.9 Å². The SMILES string of the molecule is Fc1ccc(N2C(=S)N[C@@H](c3ccccn3)[C@H]2c2cccn2-c2ccc3ccccc3c2)cc1. The van der Waals surface area contributed by atoms with Crippen LogP contribution in [0.15, 0.2) is 109 Å². The van der Waals surface area contributed by atoms with Crippen molar-refractivity contribution in [3.8, 4) is 5.69 Å². The van der Waals surface area contributed by atoms with Crippen LogP contribution in [0.3, 0.4) is 0 Å². The van der Waals surface area contributed by atoms with Crippen molar-refractivity contribution in [3.05, 3.63) is 127 Å². The van der Waals surface area contributed by atoms with Crippen LogP contribution >= 0.6 is 12.2 Å². The number of hydrogen-bond donors (Lipinski definition) is 1. The lowest BCUT2D eigenvalue weighted by molar-refractivity contribution is 0.549. The molecule has 0 spiro atoms. The van der Waals surface area contributed by atoms with Crippen molar-refractivity contribution in [1.82, 2.24) is 14.9 Å². The molecule has 5 aromatic rings. The lowest BCUT2D eigenvalue weighted by atomic mass is 10.0. The summed E-state index contributed by atoms with van der Waals surface area (Å²) in [4.78, 5) is 6.68. The second-order valence-corrected chi connectivity index (χ2v) is 8.69. The van der Waals surface area contributed by atoms with E-state index in [1.54, 1.807) is 18.3 Å². The third-order valence-corrected chi connectivity index (χ3v) is 6.61. The topological polar surface area (TPSA) is 33.1 Å². The largest absolute Gasteiger partial charge is 0.351 e. The summed E-state index contributed by atoms with van der Waals surface area (Å²) in [5.41, 5.74) is 3.84. The highest BCUT2D eigenvalue weighted by Gasteiger charge is 2.42. The summed E-state index contributed by atoms with van der Waals surface area (Å²) in [6, 6.07) is 30.9. The van der Waals surface area contributed by atoms with E-state index in [4.69, 9.17) is 12.2 Å². The van der Waals surface area contributed by atoms with Crippen LogP contribution in [0.1, 0.15) is 23.5 Å². The summed E-state index contributed by atoms with van der Waals surface area (Å²) in [6.45, 7) is 0. The Balaban J connectivity index is 1.51. The zero-order valence-corrected chi connectivity index (χ0v) is 19.0. The van der Waals surface area contributed by atoms with Crippen molar-refractivity contribution in [2.45, 2.75) is 12.1 Å². The molecule has 166 valence electrons. The quantitative estimate of drug-likeness (QED) is 0.315. The molecule has 0 aliphatic carbocycles. The Kier molecular flexibility index (Phi) is 5.08.